The average molecular weight is 276 g/mol. The first-order chi connectivity index (χ1) is 9.65. The molecule has 0 amide bonds. The van der Waals surface area contributed by atoms with Gasteiger partial charge in [-0.25, -0.2) is 0 Å². The van der Waals surface area contributed by atoms with Crippen LogP contribution in [-0.2, 0) is 6.42 Å². The second-order valence-corrected chi connectivity index (χ2v) is 5.26. The number of aromatic nitrogens is 1. The first-order valence-electron chi connectivity index (χ1n) is 7.59. The van der Waals surface area contributed by atoms with Gasteiger partial charge in [0.1, 0.15) is 0 Å². The minimum Gasteiger partial charge on any atom is -0.370 e. The van der Waals surface area contributed by atoms with Gasteiger partial charge in [-0.3, -0.25) is 9.98 Å². The van der Waals surface area contributed by atoms with Gasteiger partial charge in [0, 0.05) is 31.4 Å². The third-order valence-corrected chi connectivity index (χ3v) is 4.25. The van der Waals surface area contributed by atoms with Crippen molar-refractivity contribution >= 4 is 5.96 Å². The summed E-state index contributed by atoms with van der Waals surface area (Å²) in [5.41, 5.74) is 7.29. The second-order valence-electron chi connectivity index (χ2n) is 5.26. The third kappa shape index (κ3) is 5.19. The minimum absolute atomic E-state index is 0.299. The fourth-order valence-electron chi connectivity index (χ4n) is 2.26. The van der Waals surface area contributed by atoms with E-state index in [1.807, 2.05) is 24.4 Å². The van der Waals surface area contributed by atoms with Crippen molar-refractivity contribution in [3.8, 4) is 0 Å². The van der Waals surface area contributed by atoms with E-state index >= 15 is 0 Å². The number of pyridine rings is 1. The number of rotatable bonds is 8. The predicted molar refractivity (Wildman–Crippen MR) is 85.7 cm³/mol. The van der Waals surface area contributed by atoms with E-state index in [0.717, 1.165) is 44.5 Å². The number of nitrogens with two attached hydrogens (primary N) is 1. The summed E-state index contributed by atoms with van der Waals surface area (Å²) in [6.45, 7) is 8.26. The topological polar surface area (TPSA) is 63.3 Å². The lowest BCUT2D eigenvalue weighted by molar-refractivity contribution is 0.263. The molecule has 0 fully saturated rings. The van der Waals surface area contributed by atoms with Crippen molar-refractivity contribution in [3.05, 3.63) is 30.1 Å². The number of hydrogen-bond donors (Lipinski definition) is 2. The van der Waals surface area contributed by atoms with E-state index < -0.39 is 0 Å². The molecule has 0 spiro atoms. The van der Waals surface area contributed by atoms with Crippen LogP contribution in [0.4, 0.5) is 0 Å². The van der Waals surface area contributed by atoms with Crippen molar-refractivity contribution in [1.29, 1.82) is 0 Å². The largest absolute Gasteiger partial charge is 0.370 e. The first-order valence-corrected chi connectivity index (χ1v) is 7.59. The average Bonchev–Trinajstić information content (AvgIpc) is 2.50. The van der Waals surface area contributed by atoms with Crippen LogP contribution in [0, 0.1) is 5.41 Å². The zero-order valence-electron chi connectivity index (χ0n) is 13.0. The van der Waals surface area contributed by atoms with Crippen molar-refractivity contribution in [3.63, 3.8) is 0 Å². The van der Waals surface area contributed by atoms with Crippen molar-refractivity contribution in [1.82, 2.24) is 10.3 Å². The number of guanidine groups is 1. The predicted octanol–water partition coefficient (Wildman–Crippen LogP) is 2.74. The van der Waals surface area contributed by atoms with E-state index in [1.165, 1.54) is 0 Å². The lowest BCUT2D eigenvalue weighted by Gasteiger charge is -2.28. The fraction of sp³-hybridized carbons (Fsp3) is 0.625. The molecule has 0 aliphatic heterocycles. The van der Waals surface area contributed by atoms with E-state index in [1.54, 1.807) is 0 Å². The molecule has 0 aliphatic carbocycles. The summed E-state index contributed by atoms with van der Waals surface area (Å²) in [5, 5.41) is 3.16. The Bertz CT molecular complexity index is 388. The first kappa shape index (κ1) is 16.5. The van der Waals surface area contributed by atoms with E-state index in [-0.39, 0.29) is 0 Å². The molecule has 20 heavy (non-hydrogen) atoms. The molecule has 4 nitrogen and oxygen atoms in total. The highest BCUT2D eigenvalue weighted by atomic mass is 15.1. The van der Waals surface area contributed by atoms with Crippen LogP contribution < -0.4 is 11.1 Å². The van der Waals surface area contributed by atoms with Crippen LogP contribution in [-0.4, -0.2) is 24.0 Å². The highest BCUT2D eigenvalue weighted by Crippen LogP contribution is 2.30. The smallest absolute Gasteiger partial charge is 0.188 e. The SMILES string of the molecule is CCC(CC)(CC)CN=C(N)NCCc1ccccn1. The Morgan fingerprint density at radius 3 is 2.50 bits per heavy atom. The van der Waals surface area contributed by atoms with Gasteiger partial charge in [-0.15, -0.1) is 0 Å². The van der Waals surface area contributed by atoms with Gasteiger partial charge in [-0.2, -0.15) is 0 Å². The molecule has 1 aromatic heterocycles. The molecule has 1 rings (SSSR count). The molecular formula is C16H28N4. The quantitative estimate of drug-likeness (QED) is 0.567. The zero-order chi connectivity index (χ0) is 14.8. The van der Waals surface area contributed by atoms with Gasteiger partial charge in [-0.05, 0) is 36.8 Å². The maximum absolute atomic E-state index is 5.93. The van der Waals surface area contributed by atoms with Gasteiger partial charge >= 0.3 is 0 Å². The van der Waals surface area contributed by atoms with Crippen LogP contribution in [0.25, 0.3) is 0 Å². The van der Waals surface area contributed by atoms with E-state index in [9.17, 15) is 0 Å². The summed E-state index contributed by atoms with van der Waals surface area (Å²) in [7, 11) is 0. The molecule has 1 aromatic rings. The van der Waals surface area contributed by atoms with Gasteiger partial charge < -0.3 is 11.1 Å². The molecule has 0 saturated carbocycles. The molecule has 4 heteroatoms. The fourth-order valence-corrected chi connectivity index (χ4v) is 2.26. The zero-order valence-corrected chi connectivity index (χ0v) is 13.0. The number of nitrogens with one attached hydrogen (secondary N) is 1. The van der Waals surface area contributed by atoms with Gasteiger partial charge in [0.25, 0.3) is 0 Å². The Labute approximate surface area is 122 Å². The van der Waals surface area contributed by atoms with E-state index in [4.69, 9.17) is 5.73 Å². The maximum atomic E-state index is 5.93. The lowest BCUT2D eigenvalue weighted by atomic mass is 9.80. The summed E-state index contributed by atoms with van der Waals surface area (Å²) < 4.78 is 0. The molecule has 0 aliphatic rings. The molecule has 0 aromatic carbocycles. The summed E-state index contributed by atoms with van der Waals surface area (Å²) in [6, 6.07) is 5.94. The monoisotopic (exact) mass is 276 g/mol. The number of aliphatic imine (C=N–C) groups is 1. The van der Waals surface area contributed by atoms with Gasteiger partial charge in [0.15, 0.2) is 5.96 Å². The lowest BCUT2D eigenvalue weighted by Crippen LogP contribution is -2.35. The van der Waals surface area contributed by atoms with Crippen LogP contribution >= 0.6 is 0 Å². The molecular weight excluding hydrogens is 248 g/mol. The van der Waals surface area contributed by atoms with Gasteiger partial charge in [0.2, 0.25) is 0 Å². The summed E-state index contributed by atoms with van der Waals surface area (Å²) in [6.07, 6.45) is 6.10. The molecule has 112 valence electrons. The second kappa shape index (κ2) is 8.56. The highest BCUT2D eigenvalue weighted by molar-refractivity contribution is 5.77. The summed E-state index contributed by atoms with van der Waals surface area (Å²) in [5.74, 6) is 0.542. The molecule has 3 N–H and O–H groups in total. The molecule has 0 atom stereocenters. The van der Waals surface area contributed by atoms with Crippen molar-refractivity contribution < 1.29 is 0 Å². The molecule has 0 radical (unpaired) electrons. The Morgan fingerprint density at radius 1 is 1.25 bits per heavy atom. The number of hydrogen-bond acceptors (Lipinski definition) is 2. The van der Waals surface area contributed by atoms with E-state index in [0.29, 0.717) is 11.4 Å². The molecule has 1 heterocycles. The third-order valence-electron chi connectivity index (χ3n) is 4.25. The van der Waals surface area contributed by atoms with Crippen molar-refractivity contribution in [2.24, 2.45) is 16.1 Å². The van der Waals surface area contributed by atoms with Crippen molar-refractivity contribution in [2.75, 3.05) is 13.1 Å². The van der Waals surface area contributed by atoms with Gasteiger partial charge in [-0.1, -0.05) is 26.8 Å². The van der Waals surface area contributed by atoms with Crippen LogP contribution in [0.3, 0.4) is 0 Å². The Balaban J connectivity index is 2.38. The van der Waals surface area contributed by atoms with Crippen molar-refractivity contribution in [2.45, 2.75) is 46.5 Å². The summed E-state index contributed by atoms with van der Waals surface area (Å²) in [4.78, 5) is 8.78. The van der Waals surface area contributed by atoms with E-state index in [2.05, 4.69) is 36.1 Å². The standard InChI is InChI=1S/C16H28N4/c1-4-16(5-2,6-3)13-20-15(17)19-12-10-14-9-7-8-11-18-14/h7-9,11H,4-6,10,12-13H2,1-3H3,(H3,17,19,20). The Hall–Kier alpha value is -1.58. The maximum Gasteiger partial charge on any atom is 0.188 e. The van der Waals surface area contributed by atoms with Crippen LogP contribution in [0.5, 0.6) is 0 Å². The number of nitrogens with zero attached hydrogens (tertiary/aromatic N) is 2. The van der Waals surface area contributed by atoms with Crippen LogP contribution in [0.1, 0.15) is 45.7 Å². The Kier molecular flexibility index (Phi) is 7.05. The molecule has 0 bridgehead atoms. The molecule has 0 saturated heterocycles. The normalized spacial score (nSPS) is 12.4. The minimum atomic E-state index is 0.299. The Morgan fingerprint density at radius 2 is 1.95 bits per heavy atom. The van der Waals surface area contributed by atoms with Crippen LogP contribution in [0.15, 0.2) is 29.4 Å². The summed E-state index contributed by atoms with van der Waals surface area (Å²) >= 11 is 0. The highest BCUT2D eigenvalue weighted by Gasteiger charge is 2.23. The van der Waals surface area contributed by atoms with Gasteiger partial charge in [0.05, 0.1) is 0 Å². The van der Waals surface area contributed by atoms with Crippen LogP contribution in [0.2, 0.25) is 0 Å². The molecule has 0 unspecified atom stereocenters.